The first kappa shape index (κ1) is 36.3. The molecule has 0 saturated heterocycles. The number of ether oxygens (including phenoxy) is 3. The number of benzene rings is 2. The van der Waals surface area contributed by atoms with E-state index in [4.69, 9.17) is 42.4 Å². The molecule has 0 radical (unpaired) electrons. The number of hydrogen-bond donors (Lipinski definition) is 0. The Hall–Kier alpha value is -4.22. The van der Waals surface area contributed by atoms with Gasteiger partial charge in [-0.1, -0.05) is 53.5 Å². The predicted molar refractivity (Wildman–Crippen MR) is 177 cm³/mol. The molecule has 3 aromatic rings. The number of aromatic nitrogens is 2. The number of nitrogens with zero attached hydrogens (tertiary/aromatic N) is 4. The Morgan fingerprint density at radius 1 is 0.739 bits per heavy atom. The molecule has 0 bridgehead atoms. The molecular formula is C33H38Cl2N4O7. The summed E-state index contributed by atoms with van der Waals surface area (Å²) in [5.74, 6) is -0.648. The minimum Gasteiger partial charge on any atom is -0.443 e. The smallest absolute Gasteiger partial charge is 0.425 e. The molecule has 1 heterocycles. The number of anilines is 2. The predicted octanol–water partition coefficient (Wildman–Crippen LogP) is 8.88. The number of amides is 3. The van der Waals surface area contributed by atoms with Gasteiger partial charge in [0.05, 0.1) is 18.4 Å². The quantitative estimate of drug-likeness (QED) is 0.186. The molecule has 246 valence electrons. The molecule has 3 rings (SSSR count). The van der Waals surface area contributed by atoms with Crippen LogP contribution < -0.4 is 9.80 Å². The summed E-state index contributed by atoms with van der Waals surface area (Å²) >= 11 is 13.0. The molecule has 0 fully saturated rings. The van der Waals surface area contributed by atoms with Crippen molar-refractivity contribution < 1.29 is 33.4 Å². The van der Waals surface area contributed by atoms with Crippen LogP contribution in [0.15, 0.2) is 48.7 Å². The van der Waals surface area contributed by atoms with Gasteiger partial charge in [0.15, 0.2) is 11.6 Å². The minimum atomic E-state index is -1.12. The van der Waals surface area contributed by atoms with Gasteiger partial charge in [0.25, 0.3) is 0 Å². The van der Waals surface area contributed by atoms with Gasteiger partial charge < -0.3 is 14.2 Å². The van der Waals surface area contributed by atoms with E-state index in [2.05, 4.69) is 4.98 Å². The molecule has 0 spiro atoms. The highest BCUT2D eigenvalue weighted by Crippen LogP contribution is 2.35. The monoisotopic (exact) mass is 672 g/mol. The first-order valence-electron chi connectivity index (χ1n) is 14.3. The van der Waals surface area contributed by atoms with E-state index in [9.17, 15) is 19.2 Å². The molecule has 0 aliphatic rings. The highest BCUT2D eigenvalue weighted by molar-refractivity contribution is 6.36. The zero-order valence-corrected chi connectivity index (χ0v) is 28.8. The lowest BCUT2D eigenvalue weighted by atomic mass is 10.1. The van der Waals surface area contributed by atoms with Crippen LogP contribution in [0.25, 0.3) is 11.3 Å². The van der Waals surface area contributed by atoms with Gasteiger partial charge in [-0.25, -0.2) is 24.4 Å². The van der Waals surface area contributed by atoms with Crippen LogP contribution in [0.3, 0.4) is 0 Å². The first-order chi connectivity index (χ1) is 21.2. The highest BCUT2D eigenvalue weighted by atomic mass is 35.5. The molecule has 0 N–H and O–H groups in total. The second-order valence-electron chi connectivity index (χ2n) is 13.2. The van der Waals surface area contributed by atoms with E-state index in [1.807, 2.05) is 0 Å². The van der Waals surface area contributed by atoms with Gasteiger partial charge in [-0.3, -0.25) is 9.69 Å². The van der Waals surface area contributed by atoms with Gasteiger partial charge in [-0.2, -0.15) is 4.90 Å². The zero-order valence-electron chi connectivity index (χ0n) is 27.3. The fourth-order valence-corrected chi connectivity index (χ4v) is 4.35. The summed E-state index contributed by atoms with van der Waals surface area (Å²) in [6.07, 6.45) is -1.14. The summed E-state index contributed by atoms with van der Waals surface area (Å²) in [4.78, 5) is 63.4. The van der Waals surface area contributed by atoms with Crippen molar-refractivity contribution in [2.75, 3.05) is 9.80 Å². The Kier molecular flexibility index (Phi) is 11.1. The van der Waals surface area contributed by atoms with Gasteiger partial charge in [-0.15, -0.1) is 0 Å². The van der Waals surface area contributed by atoms with E-state index in [1.165, 1.54) is 6.20 Å². The minimum absolute atomic E-state index is 0.239. The maximum absolute atomic E-state index is 13.9. The van der Waals surface area contributed by atoms with Gasteiger partial charge >= 0.3 is 18.3 Å². The van der Waals surface area contributed by atoms with Crippen LogP contribution in [0.1, 0.15) is 78.2 Å². The Labute approximate surface area is 278 Å². The molecule has 0 aliphatic heterocycles. The number of aldehydes is 1. The average molecular weight is 674 g/mol. The maximum Gasteiger partial charge on any atom is 0.425 e. The summed E-state index contributed by atoms with van der Waals surface area (Å²) < 4.78 is 16.9. The molecule has 0 aliphatic carbocycles. The zero-order chi connectivity index (χ0) is 34.6. The van der Waals surface area contributed by atoms with Crippen molar-refractivity contribution in [1.82, 2.24) is 9.97 Å². The van der Waals surface area contributed by atoms with Crippen LogP contribution in [0, 0.1) is 0 Å². The summed E-state index contributed by atoms with van der Waals surface area (Å²) in [6.45, 7) is 14.5. The van der Waals surface area contributed by atoms with Gasteiger partial charge in [0.1, 0.15) is 23.1 Å². The molecule has 3 amide bonds. The average Bonchev–Trinajstić information content (AvgIpc) is 2.90. The molecule has 0 saturated carbocycles. The van der Waals surface area contributed by atoms with Crippen molar-refractivity contribution in [1.29, 1.82) is 0 Å². The van der Waals surface area contributed by atoms with Crippen LogP contribution in [0.5, 0.6) is 0 Å². The Morgan fingerprint density at radius 2 is 1.22 bits per heavy atom. The van der Waals surface area contributed by atoms with Crippen molar-refractivity contribution >= 4 is 59.4 Å². The Balaban J connectivity index is 2.39. The van der Waals surface area contributed by atoms with E-state index >= 15 is 0 Å². The lowest BCUT2D eigenvalue weighted by molar-refractivity contribution is 0.0424. The SMILES string of the molecule is CC(C)(C)OC(=O)N(Cc1c(Cl)cccc1Cl)c1nc(-c2ccc(C=O)cc2)cnc1N(C(=O)OC(C)(C)C)C(=O)OC(C)(C)C. The second-order valence-corrected chi connectivity index (χ2v) is 14.0. The van der Waals surface area contributed by atoms with Crippen LogP contribution in [-0.4, -0.2) is 51.3 Å². The third kappa shape index (κ3) is 9.89. The van der Waals surface area contributed by atoms with Crippen molar-refractivity contribution in [2.45, 2.75) is 85.7 Å². The van der Waals surface area contributed by atoms with Crippen molar-refractivity contribution in [2.24, 2.45) is 0 Å². The van der Waals surface area contributed by atoms with Crippen LogP contribution in [-0.2, 0) is 20.8 Å². The Bertz CT molecular complexity index is 1560. The normalized spacial score (nSPS) is 11.8. The lowest BCUT2D eigenvalue weighted by Crippen LogP contribution is -2.46. The number of carbonyl (C=O) groups excluding carboxylic acids is 4. The maximum atomic E-state index is 13.9. The number of hydrogen-bond acceptors (Lipinski definition) is 9. The first-order valence-corrected chi connectivity index (χ1v) is 15.1. The second kappa shape index (κ2) is 14.0. The van der Waals surface area contributed by atoms with Crippen LogP contribution in [0.4, 0.5) is 26.0 Å². The lowest BCUT2D eigenvalue weighted by Gasteiger charge is -2.32. The van der Waals surface area contributed by atoms with Crippen molar-refractivity contribution in [3.8, 4) is 11.3 Å². The molecule has 0 atom stereocenters. The van der Waals surface area contributed by atoms with E-state index in [-0.39, 0.29) is 33.9 Å². The molecule has 2 aromatic carbocycles. The third-order valence-corrected chi connectivity index (χ3v) is 6.40. The molecule has 11 nitrogen and oxygen atoms in total. The molecule has 46 heavy (non-hydrogen) atoms. The fraction of sp³-hybridized carbons (Fsp3) is 0.394. The summed E-state index contributed by atoms with van der Waals surface area (Å²) in [5.41, 5.74) is -1.49. The molecular weight excluding hydrogens is 635 g/mol. The largest absolute Gasteiger partial charge is 0.443 e. The van der Waals surface area contributed by atoms with E-state index in [1.54, 1.807) is 105 Å². The van der Waals surface area contributed by atoms with Gasteiger partial charge in [0.2, 0.25) is 0 Å². The molecule has 13 heteroatoms. The number of imide groups is 1. The summed E-state index contributed by atoms with van der Waals surface area (Å²) in [6, 6.07) is 11.3. The van der Waals surface area contributed by atoms with E-state index in [0.29, 0.717) is 27.9 Å². The summed E-state index contributed by atoms with van der Waals surface area (Å²) in [5, 5.41) is 0.486. The van der Waals surface area contributed by atoms with E-state index in [0.717, 1.165) is 4.90 Å². The van der Waals surface area contributed by atoms with Crippen LogP contribution >= 0.6 is 23.2 Å². The van der Waals surface area contributed by atoms with Crippen molar-refractivity contribution in [3.63, 3.8) is 0 Å². The highest BCUT2D eigenvalue weighted by Gasteiger charge is 2.39. The summed E-state index contributed by atoms with van der Waals surface area (Å²) in [7, 11) is 0. The van der Waals surface area contributed by atoms with Crippen LogP contribution in [0.2, 0.25) is 10.0 Å². The van der Waals surface area contributed by atoms with Gasteiger partial charge in [0, 0.05) is 26.7 Å². The Morgan fingerprint density at radius 3 is 1.67 bits per heavy atom. The number of rotatable bonds is 6. The van der Waals surface area contributed by atoms with E-state index < -0.39 is 35.1 Å². The van der Waals surface area contributed by atoms with Crippen molar-refractivity contribution in [3.05, 3.63) is 69.8 Å². The number of carbonyl (C=O) groups is 4. The molecule has 0 unspecified atom stereocenters. The third-order valence-electron chi connectivity index (χ3n) is 5.69. The van der Waals surface area contributed by atoms with Gasteiger partial charge in [-0.05, 0) is 74.4 Å². The topological polar surface area (TPSA) is 128 Å². The standard InChI is InChI=1S/C33H38Cl2N4O7/c1-31(2,3)44-28(41)38(18-22-23(34)11-10-12-24(22)35)27-26(36-17-25(37-27)21-15-13-20(19-40)14-16-21)39(29(42)45-32(4,5)6)30(43)46-33(7,8)9/h10-17,19H,18H2,1-9H3. The number of halogens is 2. The molecule has 1 aromatic heterocycles. The fourth-order valence-electron chi connectivity index (χ4n) is 3.83.